The number of carbonyl (C=O) groups excluding carboxylic acids is 3. The van der Waals surface area contributed by atoms with E-state index in [1.807, 2.05) is 31.2 Å². The van der Waals surface area contributed by atoms with Crippen LogP contribution in [0.25, 0.3) is 5.69 Å². The molecule has 2 fully saturated rings. The third-order valence-electron chi connectivity index (χ3n) is 6.26. The van der Waals surface area contributed by atoms with Crippen molar-refractivity contribution in [2.75, 3.05) is 13.6 Å². The van der Waals surface area contributed by atoms with Crippen molar-refractivity contribution in [2.24, 2.45) is 11.8 Å². The molecule has 1 aromatic heterocycles. The van der Waals surface area contributed by atoms with Gasteiger partial charge in [0.2, 0.25) is 17.7 Å². The van der Waals surface area contributed by atoms with Crippen molar-refractivity contribution in [3.63, 3.8) is 0 Å². The highest BCUT2D eigenvalue weighted by Gasteiger charge is 2.48. The molecule has 2 aliphatic rings. The van der Waals surface area contributed by atoms with Gasteiger partial charge in [0.15, 0.2) is 0 Å². The second-order valence-corrected chi connectivity index (χ2v) is 7.87. The highest BCUT2D eigenvalue weighted by atomic mass is 16.2. The number of hydrogen-bond acceptors (Lipinski definition) is 5. The van der Waals surface area contributed by atoms with Gasteiger partial charge in [-0.2, -0.15) is 5.10 Å². The van der Waals surface area contributed by atoms with Crippen LogP contribution in [-0.2, 0) is 14.4 Å². The summed E-state index contributed by atoms with van der Waals surface area (Å²) in [5.74, 6) is -1.04. The fraction of sp³-hybridized carbons (Fsp3) is 0.476. The molecule has 29 heavy (non-hydrogen) atoms. The van der Waals surface area contributed by atoms with Crippen LogP contribution in [0.5, 0.6) is 0 Å². The number of aromatic nitrogens is 3. The number of hydrogen-bond donors (Lipinski definition) is 0. The predicted molar refractivity (Wildman–Crippen MR) is 105 cm³/mol. The number of benzene rings is 1. The third kappa shape index (κ3) is 3.54. The van der Waals surface area contributed by atoms with E-state index in [0.29, 0.717) is 0 Å². The maximum absolute atomic E-state index is 12.8. The van der Waals surface area contributed by atoms with Crippen molar-refractivity contribution >= 4 is 17.7 Å². The number of carbonyl (C=O) groups is 3. The molecule has 3 atom stereocenters. The summed E-state index contributed by atoms with van der Waals surface area (Å²) in [5.41, 5.74) is 1.83. The van der Waals surface area contributed by atoms with Crippen molar-refractivity contribution in [1.82, 2.24) is 24.6 Å². The van der Waals surface area contributed by atoms with Gasteiger partial charge >= 0.3 is 0 Å². The minimum absolute atomic E-state index is 0.175. The van der Waals surface area contributed by atoms with Gasteiger partial charge in [-0.3, -0.25) is 19.3 Å². The topological polar surface area (TPSA) is 88.4 Å². The van der Waals surface area contributed by atoms with Crippen LogP contribution in [0.1, 0.15) is 44.2 Å². The molecule has 2 heterocycles. The van der Waals surface area contributed by atoms with Gasteiger partial charge < -0.3 is 4.90 Å². The Morgan fingerprint density at radius 2 is 1.76 bits per heavy atom. The van der Waals surface area contributed by atoms with Gasteiger partial charge in [-0.15, -0.1) is 0 Å². The van der Waals surface area contributed by atoms with Crippen LogP contribution < -0.4 is 0 Å². The zero-order valence-electron chi connectivity index (χ0n) is 16.7. The number of likely N-dealkylation sites (tertiary alicyclic amines) is 1. The quantitative estimate of drug-likeness (QED) is 0.722. The molecular weight excluding hydrogens is 370 g/mol. The van der Waals surface area contributed by atoms with Crippen LogP contribution in [0, 0.1) is 11.8 Å². The molecule has 0 bridgehead atoms. The molecular formula is C21H25N5O3. The van der Waals surface area contributed by atoms with Gasteiger partial charge in [-0.25, -0.2) is 9.67 Å². The average Bonchev–Trinajstić information content (AvgIpc) is 3.37. The molecule has 1 saturated heterocycles. The maximum atomic E-state index is 12.8. The van der Waals surface area contributed by atoms with Crippen LogP contribution in [0.3, 0.4) is 0 Å². The zero-order chi connectivity index (χ0) is 20.5. The van der Waals surface area contributed by atoms with Gasteiger partial charge in [-0.1, -0.05) is 25.0 Å². The zero-order valence-corrected chi connectivity index (χ0v) is 16.7. The number of fused-ring (bicyclic) bond motifs is 1. The number of rotatable bonds is 5. The second kappa shape index (κ2) is 7.77. The Bertz CT molecular complexity index is 885. The summed E-state index contributed by atoms with van der Waals surface area (Å²) in [6.07, 6.45) is 6.55. The monoisotopic (exact) mass is 395 g/mol. The molecule has 0 spiro atoms. The summed E-state index contributed by atoms with van der Waals surface area (Å²) < 4.78 is 1.66. The van der Waals surface area contributed by atoms with E-state index < -0.39 is 0 Å². The highest BCUT2D eigenvalue weighted by molar-refractivity contribution is 6.07. The van der Waals surface area contributed by atoms with Crippen molar-refractivity contribution in [3.8, 4) is 5.69 Å². The van der Waals surface area contributed by atoms with Crippen molar-refractivity contribution in [2.45, 2.75) is 38.6 Å². The third-order valence-corrected chi connectivity index (χ3v) is 6.26. The summed E-state index contributed by atoms with van der Waals surface area (Å²) in [4.78, 5) is 44.8. The Balaban J connectivity index is 1.42. The first-order valence-corrected chi connectivity index (χ1v) is 10.0. The minimum atomic E-state index is -0.238. The summed E-state index contributed by atoms with van der Waals surface area (Å²) in [7, 11) is 1.70. The SMILES string of the molecule is C[C@H](c1ccc(-n2cncn2)cc1)N(C)C(=O)CN1C(=O)[C@H]2CCCC[C@@H]2C1=O. The van der Waals surface area contributed by atoms with Gasteiger partial charge in [0, 0.05) is 7.05 Å². The fourth-order valence-corrected chi connectivity index (χ4v) is 4.32. The summed E-state index contributed by atoms with van der Waals surface area (Å²) >= 11 is 0. The number of nitrogens with zero attached hydrogens (tertiary/aromatic N) is 5. The Kier molecular flexibility index (Phi) is 5.17. The van der Waals surface area contributed by atoms with E-state index in [2.05, 4.69) is 10.1 Å². The first-order chi connectivity index (χ1) is 14.0. The Morgan fingerprint density at radius 1 is 1.14 bits per heavy atom. The number of likely N-dealkylation sites (N-methyl/N-ethyl adjacent to an activating group) is 1. The Hall–Kier alpha value is -3.03. The lowest BCUT2D eigenvalue weighted by Crippen LogP contribution is -2.42. The van der Waals surface area contributed by atoms with Crippen LogP contribution in [0.4, 0.5) is 0 Å². The standard InChI is InChI=1S/C21H25N5O3/c1-14(15-7-9-16(10-8-15)26-13-22-12-23-26)24(2)19(27)11-25-20(28)17-5-3-4-6-18(17)21(25)29/h7-10,12-14,17-18H,3-6,11H2,1-2H3/t14-,17+,18+/m1/s1. The minimum Gasteiger partial charge on any atom is -0.337 e. The van der Waals surface area contributed by atoms with Gasteiger partial charge in [0.05, 0.1) is 23.6 Å². The van der Waals surface area contributed by atoms with Crippen LogP contribution in [0.2, 0.25) is 0 Å². The van der Waals surface area contributed by atoms with Crippen molar-refractivity contribution in [3.05, 3.63) is 42.5 Å². The molecule has 8 nitrogen and oxygen atoms in total. The van der Waals surface area contributed by atoms with E-state index in [9.17, 15) is 14.4 Å². The Labute approximate surface area is 169 Å². The Morgan fingerprint density at radius 3 is 2.31 bits per heavy atom. The number of amides is 3. The lowest BCUT2D eigenvalue weighted by molar-refractivity contribution is -0.146. The van der Waals surface area contributed by atoms with Gasteiger partial charge in [0.1, 0.15) is 19.2 Å². The predicted octanol–water partition coefficient (Wildman–Crippen LogP) is 1.96. The van der Waals surface area contributed by atoms with Gasteiger partial charge in [0.25, 0.3) is 0 Å². The average molecular weight is 395 g/mol. The smallest absolute Gasteiger partial charge is 0.242 e. The molecule has 152 valence electrons. The lowest BCUT2D eigenvalue weighted by atomic mass is 9.81. The van der Waals surface area contributed by atoms with E-state index in [4.69, 9.17) is 0 Å². The molecule has 3 amide bonds. The van der Waals surface area contributed by atoms with Crippen LogP contribution in [0.15, 0.2) is 36.9 Å². The molecule has 0 N–H and O–H groups in total. The molecule has 1 aromatic carbocycles. The first kappa shape index (κ1) is 19.3. The molecule has 1 aliphatic carbocycles. The van der Waals surface area contributed by atoms with Crippen LogP contribution >= 0.6 is 0 Å². The number of imide groups is 1. The van der Waals surface area contributed by atoms with E-state index in [0.717, 1.165) is 36.9 Å². The van der Waals surface area contributed by atoms with E-state index in [-0.39, 0.29) is 42.1 Å². The van der Waals surface area contributed by atoms with Crippen molar-refractivity contribution < 1.29 is 14.4 Å². The molecule has 1 aliphatic heterocycles. The largest absolute Gasteiger partial charge is 0.337 e. The molecule has 4 rings (SSSR count). The van der Waals surface area contributed by atoms with E-state index in [1.54, 1.807) is 23.0 Å². The van der Waals surface area contributed by atoms with Gasteiger partial charge in [-0.05, 0) is 37.5 Å². The lowest BCUT2D eigenvalue weighted by Gasteiger charge is -2.27. The second-order valence-electron chi connectivity index (χ2n) is 7.87. The molecule has 0 unspecified atom stereocenters. The highest BCUT2D eigenvalue weighted by Crippen LogP contribution is 2.38. The summed E-state index contributed by atoms with van der Waals surface area (Å²) in [6, 6.07) is 7.51. The summed E-state index contributed by atoms with van der Waals surface area (Å²) in [6.45, 7) is 1.75. The molecule has 1 saturated carbocycles. The molecule has 0 radical (unpaired) electrons. The fourth-order valence-electron chi connectivity index (χ4n) is 4.32. The summed E-state index contributed by atoms with van der Waals surface area (Å²) in [5, 5.41) is 4.10. The maximum Gasteiger partial charge on any atom is 0.242 e. The van der Waals surface area contributed by atoms with Crippen LogP contribution in [-0.4, -0.2) is 55.9 Å². The van der Waals surface area contributed by atoms with E-state index in [1.165, 1.54) is 11.2 Å². The van der Waals surface area contributed by atoms with Crippen molar-refractivity contribution in [1.29, 1.82) is 0 Å². The first-order valence-electron chi connectivity index (χ1n) is 10.0. The molecule has 8 heteroatoms. The normalized spacial score (nSPS) is 22.5. The molecule has 2 aromatic rings. The van der Waals surface area contributed by atoms with E-state index >= 15 is 0 Å².